The second kappa shape index (κ2) is 4.84. The van der Waals surface area contributed by atoms with E-state index in [9.17, 15) is 5.11 Å². The van der Waals surface area contributed by atoms with Gasteiger partial charge in [-0.15, -0.1) is 0 Å². The Morgan fingerprint density at radius 1 is 1.38 bits per heavy atom. The number of nitrogens with zero attached hydrogens (tertiary/aromatic N) is 4. The lowest BCUT2D eigenvalue weighted by atomic mass is 10.00. The summed E-state index contributed by atoms with van der Waals surface area (Å²) in [6.45, 7) is 4.62. The van der Waals surface area contributed by atoms with Crippen LogP contribution in [0.25, 0.3) is 11.2 Å². The number of hydrogen-bond acceptors (Lipinski definition) is 6. The number of nitrogens with one attached hydrogen (secondary N) is 2. The van der Waals surface area contributed by atoms with Gasteiger partial charge in [-0.3, -0.25) is 0 Å². The van der Waals surface area contributed by atoms with Gasteiger partial charge in [0.15, 0.2) is 11.5 Å². The Morgan fingerprint density at radius 2 is 2.29 bits per heavy atom. The second-order valence-electron chi connectivity index (χ2n) is 5.98. The zero-order valence-corrected chi connectivity index (χ0v) is 12.1. The van der Waals surface area contributed by atoms with Gasteiger partial charge in [-0.2, -0.15) is 9.97 Å². The molecular weight excluding hydrogens is 268 g/mol. The van der Waals surface area contributed by atoms with Crippen LogP contribution < -0.4 is 10.2 Å². The van der Waals surface area contributed by atoms with E-state index >= 15 is 0 Å². The second-order valence-corrected chi connectivity index (χ2v) is 5.98. The Kier molecular flexibility index (Phi) is 2.95. The molecule has 4 rings (SSSR count). The molecule has 1 saturated heterocycles. The van der Waals surface area contributed by atoms with Crippen molar-refractivity contribution in [1.82, 2.24) is 19.9 Å². The molecule has 1 saturated carbocycles. The van der Waals surface area contributed by atoms with Crippen molar-refractivity contribution in [2.24, 2.45) is 11.8 Å². The highest BCUT2D eigenvalue weighted by Crippen LogP contribution is 2.40. The molecule has 0 aromatic carbocycles. The predicted molar refractivity (Wildman–Crippen MR) is 80.3 cm³/mol. The lowest BCUT2D eigenvalue weighted by Crippen LogP contribution is -2.25. The maximum absolute atomic E-state index is 10.1. The average Bonchev–Trinajstić information content (AvgIpc) is 3.16. The number of H-pyrrole nitrogens is 1. The van der Waals surface area contributed by atoms with E-state index in [2.05, 4.69) is 30.2 Å². The standard InChI is InChI=1S/C14H20N6O/c1-2-15-14-18-12-11(16-7-17-12)13(19-14)20-5-8-3-4-10(21)9(8)6-20/h7-10,21H,2-6H2,1H3,(H2,15,16,17,18,19). The molecule has 3 atom stereocenters. The van der Waals surface area contributed by atoms with Crippen LogP contribution in [0.3, 0.4) is 0 Å². The Bertz CT molecular complexity index is 656. The van der Waals surface area contributed by atoms with Crippen LogP contribution in [0.4, 0.5) is 11.8 Å². The summed E-state index contributed by atoms with van der Waals surface area (Å²) >= 11 is 0. The third-order valence-corrected chi connectivity index (χ3v) is 4.72. The third kappa shape index (κ3) is 2.03. The molecule has 3 unspecified atom stereocenters. The van der Waals surface area contributed by atoms with Crippen molar-refractivity contribution in [3.05, 3.63) is 6.33 Å². The quantitative estimate of drug-likeness (QED) is 0.780. The van der Waals surface area contributed by atoms with Gasteiger partial charge in [0.1, 0.15) is 5.52 Å². The van der Waals surface area contributed by atoms with Crippen LogP contribution in [-0.2, 0) is 0 Å². The predicted octanol–water partition coefficient (Wildman–Crippen LogP) is 0.992. The number of anilines is 2. The molecule has 2 aromatic rings. The molecule has 7 heteroatoms. The molecule has 7 nitrogen and oxygen atoms in total. The SMILES string of the molecule is CCNc1nc(N2CC3CCC(O)C3C2)c2[nH]cnc2n1. The molecule has 0 radical (unpaired) electrons. The Morgan fingerprint density at radius 3 is 3.10 bits per heavy atom. The van der Waals surface area contributed by atoms with Gasteiger partial charge >= 0.3 is 0 Å². The van der Waals surface area contributed by atoms with Crippen LogP contribution in [0.2, 0.25) is 0 Å². The van der Waals surface area contributed by atoms with Crippen molar-refractivity contribution in [3.8, 4) is 0 Å². The van der Waals surface area contributed by atoms with Crippen LogP contribution >= 0.6 is 0 Å². The number of aliphatic hydroxyl groups excluding tert-OH is 1. The Labute approximate surface area is 122 Å². The topological polar surface area (TPSA) is 90.0 Å². The van der Waals surface area contributed by atoms with E-state index in [0.717, 1.165) is 43.8 Å². The first-order valence-corrected chi connectivity index (χ1v) is 7.64. The summed E-state index contributed by atoms with van der Waals surface area (Å²) in [5.41, 5.74) is 1.57. The van der Waals surface area contributed by atoms with Crippen molar-refractivity contribution < 1.29 is 5.11 Å². The summed E-state index contributed by atoms with van der Waals surface area (Å²) in [5, 5.41) is 13.2. The minimum absolute atomic E-state index is 0.160. The highest BCUT2D eigenvalue weighted by molar-refractivity contribution is 5.84. The molecule has 3 N–H and O–H groups in total. The first-order chi connectivity index (χ1) is 10.3. The lowest BCUT2D eigenvalue weighted by Gasteiger charge is -2.20. The first kappa shape index (κ1) is 12.8. The summed E-state index contributed by atoms with van der Waals surface area (Å²) in [7, 11) is 0. The van der Waals surface area contributed by atoms with Gasteiger partial charge in [0, 0.05) is 25.6 Å². The molecule has 0 spiro atoms. The number of aromatic amines is 1. The maximum atomic E-state index is 10.1. The van der Waals surface area contributed by atoms with E-state index in [4.69, 9.17) is 0 Å². The number of aliphatic hydroxyl groups is 1. The van der Waals surface area contributed by atoms with E-state index in [-0.39, 0.29) is 6.10 Å². The van der Waals surface area contributed by atoms with Gasteiger partial charge in [-0.1, -0.05) is 0 Å². The van der Waals surface area contributed by atoms with E-state index in [1.807, 2.05) is 6.92 Å². The number of rotatable bonds is 3. The number of hydrogen-bond donors (Lipinski definition) is 3. The molecule has 0 amide bonds. The van der Waals surface area contributed by atoms with Gasteiger partial charge in [-0.05, 0) is 25.7 Å². The summed E-state index contributed by atoms with van der Waals surface area (Å²) < 4.78 is 0. The molecule has 1 aliphatic heterocycles. The summed E-state index contributed by atoms with van der Waals surface area (Å²) in [6.07, 6.45) is 3.55. The monoisotopic (exact) mass is 288 g/mol. The zero-order valence-electron chi connectivity index (χ0n) is 12.1. The van der Waals surface area contributed by atoms with Crippen molar-refractivity contribution in [2.45, 2.75) is 25.9 Å². The molecule has 112 valence electrons. The first-order valence-electron chi connectivity index (χ1n) is 7.64. The van der Waals surface area contributed by atoms with Gasteiger partial charge in [0.05, 0.1) is 12.4 Å². The third-order valence-electron chi connectivity index (χ3n) is 4.72. The van der Waals surface area contributed by atoms with Crippen LogP contribution in [0, 0.1) is 11.8 Å². The van der Waals surface area contributed by atoms with Crippen molar-refractivity contribution in [3.63, 3.8) is 0 Å². The smallest absolute Gasteiger partial charge is 0.226 e. The van der Waals surface area contributed by atoms with Gasteiger partial charge in [-0.25, -0.2) is 4.98 Å². The summed E-state index contributed by atoms with van der Waals surface area (Å²) in [4.78, 5) is 18.7. The maximum Gasteiger partial charge on any atom is 0.226 e. The fraction of sp³-hybridized carbons (Fsp3) is 0.643. The Balaban J connectivity index is 1.71. The minimum Gasteiger partial charge on any atom is -0.393 e. The van der Waals surface area contributed by atoms with Gasteiger partial charge in [0.25, 0.3) is 0 Å². The molecule has 2 fully saturated rings. The van der Waals surface area contributed by atoms with E-state index in [1.165, 1.54) is 0 Å². The van der Waals surface area contributed by atoms with Crippen LogP contribution in [-0.4, -0.2) is 50.8 Å². The average molecular weight is 288 g/mol. The minimum atomic E-state index is -0.160. The van der Waals surface area contributed by atoms with Crippen molar-refractivity contribution >= 4 is 22.9 Å². The zero-order chi connectivity index (χ0) is 14.4. The fourth-order valence-electron chi connectivity index (χ4n) is 3.69. The van der Waals surface area contributed by atoms with Crippen molar-refractivity contribution in [2.75, 3.05) is 29.9 Å². The number of aromatic nitrogens is 4. The van der Waals surface area contributed by atoms with Gasteiger partial charge in [0.2, 0.25) is 5.95 Å². The molecule has 2 aromatic heterocycles. The molecular formula is C14H20N6O. The highest BCUT2D eigenvalue weighted by atomic mass is 16.3. The normalized spacial score (nSPS) is 28.3. The lowest BCUT2D eigenvalue weighted by molar-refractivity contribution is 0.133. The van der Waals surface area contributed by atoms with E-state index in [1.54, 1.807) is 6.33 Å². The molecule has 3 heterocycles. The van der Waals surface area contributed by atoms with Crippen LogP contribution in [0.15, 0.2) is 6.33 Å². The Hall–Kier alpha value is -1.89. The fourth-order valence-corrected chi connectivity index (χ4v) is 3.69. The number of fused-ring (bicyclic) bond motifs is 2. The van der Waals surface area contributed by atoms with Crippen LogP contribution in [0.5, 0.6) is 0 Å². The number of imidazole rings is 1. The summed E-state index contributed by atoms with van der Waals surface area (Å²) in [6, 6.07) is 0. The molecule has 2 aliphatic rings. The summed E-state index contributed by atoms with van der Waals surface area (Å²) in [5.74, 6) is 2.47. The molecule has 21 heavy (non-hydrogen) atoms. The largest absolute Gasteiger partial charge is 0.393 e. The van der Waals surface area contributed by atoms with E-state index < -0.39 is 0 Å². The highest BCUT2D eigenvalue weighted by Gasteiger charge is 2.42. The molecule has 0 bridgehead atoms. The van der Waals surface area contributed by atoms with Crippen molar-refractivity contribution in [1.29, 1.82) is 0 Å². The van der Waals surface area contributed by atoms with E-state index in [0.29, 0.717) is 23.4 Å². The molecule has 1 aliphatic carbocycles. The van der Waals surface area contributed by atoms with Gasteiger partial charge < -0.3 is 20.3 Å². The van der Waals surface area contributed by atoms with Crippen LogP contribution in [0.1, 0.15) is 19.8 Å².